The molecule has 0 radical (unpaired) electrons. The highest BCUT2D eigenvalue weighted by atomic mass is 16.5. The highest BCUT2D eigenvalue weighted by Crippen LogP contribution is 2.27. The zero-order valence-corrected chi connectivity index (χ0v) is 14.0. The molecule has 5 N–H and O–H groups in total. The van der Waals surface area contributed by atoms with E-state index in [-0.39, 0.29) is 11.8 Å². The Kier molecular flexibility index (Phi) is 4.76. The minimum atomic E-state index is -1.85. The van der Waals surface area contributed by atoms with Gasteiger partial charge in [0.1, 0.15) is 0 Å². The van der Waals surface area contributed by atoms with Crippen LogP contribution < -0.4 is 11.1 Å². The Labute approximate surface area is 145 Å². The molecule has 2 atom stereocenters. The summed E-state index contributed by atoms with van der Waals surface area (Å²) in [6.07, 6.45) is 1.11. The normalized spacial score (nSPS) is 25.5. The summed E-state index contributed by atoms with van der Waals surface area (Å²) in [4.78, 5) is 17.5. The number of ether oxygens (including phenoxy) is 1. The van der Waals surface area contributed by atoms with Crippen molar-refractivity contribution < 1.29 is 19.7 Å². The summed E-state index contributed by atoms with van der Waals surface area (Å²) in [6.45, 7) is 5.34. The van der Waals surface area contributed by atoms with Gasteiger partial charge < -0.3 is 26.0 Å². The number of morpholine rings is 1. The van der Waals surface area contributed by atoms with Crippen molar-refractivity contribution in [1.29, 1.82) is 0 Å². The zero-order chi connectivity index (χ0) is 18.0. The molecule has 0 aromatic heterocycles. The molecule has 0 spiro atoms. The summed E-state index contributed by atoms with van der Waals surface area (Å²) in [5.41, 5.74) is 6.35. The summed E-state index contributed by atoms with van der Waals surface area (Å²) < 4.78 is 5.37. The molecule has 3 rings (SSSR count). The van der Waals surface area contributed by atoms with E-state index in [9.17, 15) is 15.0 Å². The maximum absolute atomic E-state index is 11.3. The Morgan fingerprint density at radius 2 is 2.00 bits per heavy atom. The average Bonchev–Trinajstić information content (AvgIpc) is 2.64. The molecule has 1 amide bonds. The molecule has 2 aliphatic rings. The topological polar surface area (TPSA) is 120 Å². The van der Waals surface area contributed by atoms with E-state index in [1.54, 1.807) is 12.1 Å². The number of rotatable bonds is 4. The molecule has 2 unspecified atom stereocenters. The first-order valence-electron chi connectivity index (χ1n) is 8.12. The van der Waals surface area contributed by atoms with Gasteiger partial charge in [-0.25, -0.2) is 4.99 Å². The average molecular weight is 346 g/mol. The number of aliphatic hydroxyl groups is 2. The Morgan fingerprint density at radius 3 is 2.60 bits per heavy atom. The number of carbonyl (C=O) groups is 1. The highest BCUT2D eigenvalue weighted by molar-refractivity contribution is 6.44. The van der Waals surface area contributed by atoms with Gasteiger partial charge in [0, 0.05) is 30.9 Å². The molecule has 0 bridgehead atoms. The van der Waals surface area contributed by atoms with Crippen LogP contribution in [0.4, 0.5) is 0 Å². The maximum Gasteiger partial charge on any atom is 0.270 e. The first-order valence-corrected chi connectivity index (χ1v) is 8.12. The Bertz CT molecular complexity index is 710. The molecular formula is C17H22N4O4. The summed E-state index contributed by atoms with van der Waals surface area (Å²) in [7, 11) is 0. The lowest BCUT2D eigenvalue weighted by Gasteiger charge is -2.33. The van der Waals surface area contributed by atoms with Gasteiger partial charge in [-0.1, -0.05) is 24.3 Å². The van der Waals surface area contributed by atoms with Crippen molar-refractivity contribution in [3.8, 4) is 0 Å². The molecule has 1 saturated heterocycles. The van der Waals surface area contributed by atoms with Crippen molar-refractivity contribution in [3.63, 3.8) is 0 Å². The number of benzene rings is 1. The Balaban J connectivity index is 1.81. The number of amides is 1. The maximum atomic E-state index is 11.3. The SMILES string of the molecule is CC(c1ccc(C2(O)N=C(C(N)=O)C(O)=CN2)cc1)N1CCOCC1. The second kappa shape index (κ2) is 6.83. The van der Waals surface area contributed by atoms with Crippen molar-refractivity contribution in [1.82, 2.24) is 10.2 Å². The van der Waals surface area contributed by atoms with Gasteiger partial charge in [-0.05, 0) is 12.5 Å². The predicted molar refractivity (Wildman–Crippen MR) is 91.6 cm³/mol. The molecule has 1 aromatic rings. The van der Waals surface area contributed by atoms with E-state index < -0.39 is 17.5 Å². The van der Waals surface area contributed by atoms with Crippen LogP contribution in [0.3, 0.4) is 0 Å². The van der Waals surface area contributed by atoms with Gasteiger partial charge in [0.2, 0.25) is 0 Å². The van der Waals surface area contributed by atoms with Crippen molar-refractivity contribution in [3.05, 3.63) is 47.4 Å². The van der Waals surface area contributed by atoms with Gasteiger partial charge in [-0.3, -0.25) is 9.69 Å². The van der Waals surface area contributed by atoms with Crippen molar-refractivity contribution >= 4 is 11.6 Å². The molecule has 25 heavy (non-hydrogen) atoms. The fourth-order valence-electron chi connectivity index (χ4n) is 2.99. The number of nitrogens with two attached hydrogens (primary N) is 1. The molecule has 2 heterocycles. The number of nitrogens with zero attached hydrogens (tertiary/aromatic N) is 2. The minimum absolute atomic E-state index is 0.223. The van der Waals surface area contributed by atoms with Gasteiger partial charge in [-0.2, -0.15) is 0 Å². The van der Waals surface area contributed by atoms with Crippen LogP contribution in [-0.4, -0.2) is 53.0 Å². The lowest BCUT2D eigenvalue weighted by Crippen LogP contribution is -2.44. The number of aliphatic imine (C=N–C) groups is 1. The number of nitrogens with one attached hydrogen (secondary N) is 1. The van der Waals surface area contributed by atoms with E-state index in [2.05, 4.69) is 22.1 Å². The predicted octanol–water partition coefficient (Wildman–Crippen LogP) is 0.111. The minimum Gasteiger partial charge on any atom is -0.504 e. The lowest BCUT2D eigenvalue weighted by molar-refractivity contribution is -0.112. The number of aliphatic hydroxyl groups excluding tert-OH is 1. The highest BCUT2D eigenvalue weighted by Gasteiger charge is 2.34. The van der Waals surface area contributed by atoms with Crippen LogP contribution in [0.25, 0.3) is 0 Å². The van der Waals surface area contributed by atoms with E-state index in [0.717, 1.165) is 38.1 Å². The smallest absolute Gasteiger partial charge is 0.270 e. The molecule has 0 aliphatic carbocycles. The first-order chi connectivity index (χ1) is 11.9. The fraction of sp³-hybridized carbons (Fsp3) is 0.412. The van der Waals surface area contributed by atoms with Gasteiger partial charge in [0.05, 0.1) is 13.2 Å². The fourth-order valence-corrected chi connectivity index (χ4v) is 2.99. The van der Waals surface area contributed by atoms with Crippen LogP contribution >= 0.6 is 0 Å². The monoisotopic (exact) mass is 346 g/mol. The van der Waals surface area contributed by atoms with Gasteiger partial charge in [0.15, 0.2) is 11.5 Å². The quantitative estimate of drug-likeness (QED) is 0.614. The number of carbonyl (C=O) groups excluding carboxylic acids is 1. The van der Waals surface area contributed by atoms with Gasteiger partial charge in [0.25, 0.3) is 11.8 Å². The molecule has 0 saturated carbocycles. The number of hydrogen-bond donors (Lipinski definition) is 4. The van der Waals surface area contributed by atoms with Crippen LogP contribution in [0.5, 0.6) is 0 Å². The standard InChI is InChI=1S/C17H22N4O4/c1-11(21-6-8-25-9-7-21)12-2-4-13(5-3-12)17(24)19-10-14(22)15(20-17)16(18)23/h2-5,10-11,19,22,24H,6-9H2,1H3,(H2,18,23). The zero-order valence-electron chi connectivity index (χ0n) is 14.0. The molecule has 134 valence electrons. The van der Waals surface area contributed by atoms with E-state index in [0.29, 0.717) is 5.56 Å². The summed E-state index contributed by atoms with van der Waals surface area (Å²) >= 11 is 0. The van der Waals surface area contributed by atoms with Crippen LogP contribution in [-0.2, 0) is 15.4 Å². The number of hydrogen-bond acceptors (Lipinski definition) is 7. The second-order valence-electron chi connectivity index (χ2n) is 6.12. The van der Waals surface area contributed by atoms with Crippen molar-refractivity contribution in [2.24, 2.45) is 10.7 Å². The van der Waals surface area contributed by atoms with E-state index >= 15 is 0 Å². The largest absolute Gasteiger partial charge is 0.504 e. The summed E-state index contributed by atoms with van der Waals surface area (Å²) in [5, 5.41) is 22.9. The first kappa shape index (κ1) is 17.4. The van der Waals surface area contributed by atoms with E-state index in [4.69, 9.17) is 10.5 Å². The number of primary amides is 1. The van der Waals surface area contributed by atoms with Crippen LogP contribution in [0.2, 0.25) is 0 Å². The Morgan fingerprint density at radius 1 is 1.36 bits per heavy atom. The second-order valence-corrected chi connectivity index (χ2v) is 6.12. The molecular weight excluding hydrogens is 324 g/mol. The van der Waals surface area contributed by atoms with Crippen LogP contribution in [0.15, 0.2) is 41.2 Å². The van der Waals surface area contributed by atoms with Crippen molar-refractivity contribution in [2.45, 2.75) is 18.8 Å². The molecule has 8 heteroatoms. The van der Waals surface area contributed by atoms with Gasteiger partial charge >= 0.3 is 0 Å². The molecule has 8 nitrogen and oxygen atoms in total. The third-order valence-corrected chi connectivity index (χ3v) is 4.55. The van der Waals surface area contributed by atoms with Crippen LogP contribution in [0.1, 0.15) is 24.1 Å². The van der Waals surface area contributed by atoms with E-state index in [1.165, 1.54) is 0 Å². The van der Waals surface area contributed by atoms with E-state index in [1.807, 2.05) is 12.1 Å². The Hall–Kier alpha value is -2.42. The lowest BCUT2D eigenvalue weighted by atomic mass is 10.0. The molecule has 1 fully saturated rings. The summed E-state index contributed by atoms with van der Waals surface area (Å²) in [5.74, 6) is -3.17. The molecule has 1 aromatic carbocycles. The van der Waals surface area contributed by atoms with Crippen molar-refractivity contribution in [2.75, 3.05) is 26.3 Å². The third-order valence-electron chi connectivity index (χ3n) is 4.55. The van der Waals surface area contributed by atoms with Crippen LogP contribution in [0, 0.1) is 0 Å². The van der Waals surface area contributed by atoms with Gasteiger partial charge in [-0.15, -0.1) is 0 Å². The third kappa shape index (κ3) is 3.51. The summed E-state index contributed by atoms with van der Waals surface area (Å²) in [6, 6.07) is 7.51. The molecule has 2 aliphatic heterocycles.